The van der Waals surface area contributed by atoms with Crippen LogP contribution in [0, 0.1) is 3.57 Å². The van der Waals surface area contributed by atoms with Crippen LogP contribution in [0.5, 0.6) is 0 Å². The number of aromatic nitrogens is 2. The van der Waals surface area contributed by atoms with E-state index in [9.17, 15) is 0 Å². The molecule has 2 aromatic rings. The zero-order chi connectivity index (χ0) is 10.8. The van der Waals surface area contributed by atoms with Crippen LogP contribution in [0.3, 0.4) is 0 Å². The lowest BCUT2D eigenvalue weighted by Crippen LogP contribution is -2.13. The summed E-state index contributed by atoms with van der Waals surface area (Å²) in [7, 11) is 0. The number of hydrogen-bond acceptors (Lipinski definition) is 3. The van der Waals surface area contributed by atoms with Gasteiger partial charge in [-0.1, -0.05) is 6.92 Å². The van der Waals surface area contributed by atoms with Crippen LogP contribution in [-0.4, -0.2) is 9.78 Å². The van der Waals surface area contributed by atoms with Crippen molar-refractivity contribution >= 4 is 28.4 Å². The van der Waals surface area contributed by atoms with Gasteiger partial charge >= 0.3 is 0 Å². The molecule has 0 aromatic carbocycles. The highest BCUT2D eigenvalue weighted by Gasteiger charge is 2.18. The van der Waals surface area contributed by atoms with Crippen molar-refractivity contribution in [3.63, 3.8) is 0 Å². The highest BCUT2D eigenvalue weighted by Crippen LogP contribution is 2.26. The smallest absolute Gasteiger partial charge is 0.136 e. The van der Waals surface area contributed by atoms with Crippen molar-refractivity contribution < 1.29 is 4.42 Å². The van der Waals surface area contributed by atoms with E-state index in [0.29, 0.717) is 5.82 Å². The lowest BCUT2D eigenvalue weighted by molar-refractivity contribution is 0.401. The van der Waals surface area contributed by atoms with Gasteiger partial charge in [-0.3, -0.25) is 0 Å². The minimum Gasteiger partial charge on any atom is -0.467 e. The first-order valence-corrected chi connectivity index (χ1v) is 5.83. The lowest BCUT2D eigenvalue weighted by atomic mass is 10.2. The minimum absolute atomic E-state index is 0.0866. The molecule has 15 heavy (non-hydrogen) atoms. The Bertz CT molecular complexity index is 435. The van der Waals surface area contributed by atoms with E-state index >= 15 is 0 Å². The Labute approximate surface area is 102 Å². The van der Waals surface area contributed by atoms with Crippen LogP contribution >= 0.6 is 22.6 Å². The topological polar surface area (TPSA) is 57.0 Å². The third kappa shape index (κ3) is 1.88. The van der Waals surface area contributed by atoms with E-state index < -0.39 is 0 Å². The Balaban J connectivity index is 2.40. The predicted octanol–water partition coefficient (Wildman–Crippen LogP) is 2.66. The van der Waals surface area contributed by atoms with E-state index in [1.54, 1.807) is 17.1 Å². The molecule has 0 saturated heterocycles. The summed E-state index contributed by atoms with van der Waals surface area (Å²) in [5.74, 6) is 1.59. The van der Waals surface area contributed by atoms with Crippen molar-refractivity contribution in [2.45, 2.75) is 19.4 Å². The summed E-state index contributed by atoms with van der Waals surface area (Å²) in [5.41, 5.74) is 5.94. The number of furan rings is 1. The molecule has 2 heterocycles. The number of nitrogens with two attached hydrogens (primary N) is 1. The number of rotatable bonds is 3. The van der Waals surface area contributed by atoms with E-state index in [4.69, 9.17) is 10.2 Å². The fraction of sp³-hybridized carbons (Fsp3) is 0.300. The predicted molar refractivity (Wildman–Crippen MR) is 66.5 cm³/mol. The fourth-order valence-electron chi connectivity index (χ4n) is 1.57. The monoisotopic (exact) mass is 317 g/mol. The molecule has 0 amide bonds. The summed E-state index contributed by atoms with van der Waals surface area (Å²) in [6.07, 6.45) is 4.33. The third-order valence-corrected chi connectivity index (χ3v) is 3.17. The van der Waals surface area contributed by atoms with Crippen molar-refractivity contribution in [3.05, 3.63) is 33.9 Å². The summed E-state index contributed by atoms with van der Waals surface area (Å²) >= 11 is 2.17. The molecule has 2 N–H and O–H groups in total. The van der Waals surface area contributed by atoms with Gasteiger partial charge in [-0.2, -0.15) is 5.10 Å². The van der Waals surface area contributed by atoms with Gasteiger partial charge in [0.1, 0.15) is 17.6 Å². The molecule has 1 unspecified atom stereocenters. The maximum atomic E-state index is 5.94. The molecule has 0 bridgehead atoms. The SMILES string of the molecule is CCC(c1ccco1)n1ncc(I)c1N. The highest BCUT2D eigenvalue weighted by molar-refractivity contribution is 14.1. The van der Waals surface area contributed by atoms with Crippen LogP contribution in [0.25, 0.3) is 0 Å². The molecule has 0 aliphatic carbocycles. The van der Waals surface area contributed by atoms with Crippen LogP contribution in [0.15, 0.2) is 29.0 Å². The second-order valence-electron chi connectivity index (χ2n) is 3.26. The second kappa shape index (κ2) is 4.26. The van der Waals surface area contributed by atoms with Gasteiger partial charge in [-0.15, -0.1) is 0 Å². The molecule has 2 rings (SSSR count). The molecule has 4 nitrogen and oxygen atoms in total. The quantitative estimate of drug-likeness (QED) is 0.886. The van der Waals surface area contributed by atoms with Gasteiger partial charge < -0.3 is 10.2 Å². The van der Waals surface area contributed by atoms with Crippen molar-refractivity contribution in [2.75, 3.05) is 5.73 Å². The van der Waals surface area contributed by atoms with Crippen molar-refractivity contribution in [2.24, 2.45) is 0 Å². The summed E-state index contributed by atoms with van der Waals surface area (Å²) in [6.45, 7) is 2.08. The van der Waals surface area contributed by atoms with Gasteiger partial charge in [0.2, 0.25) is 0 Å². The van der Waals surface area contributed by atoms with Gasteiger partial charge in [-0.05, 0) is 41.1 Å². The zero-order valence-electron chi connectivity index (χ0n) is 8.35. The average Bonchev–Trinajstić information content (AvgIpc) is 2.84. The largest absolute Gasteiger partial charge is 0.467 e. The molecule has 0 fully saturated rings. The van der Waals surface area contributed by atoms with E-state index in [-0.39, 0.29) is 6.04 Å². The Kier molecular flexibility index (Phi) is 2.99. The molecule has 2 aromatic heterocycles. The Morgan fingerprint density at radius 2 is 2.47 bits per heavy atom. The molecule has 0 aliphatic rings. The number of anilines is 1. The van der Waals surface area contributed by atoms with E-state index in [1.165, 1.54) is 0 Å². The summed E-state index contributed by atoms with van der Waals surface area (Å²) in [6, 6.07) is 3.91. The third-order valence-electron chi connectivity index (χ3n) is 2.34. The van der Waals surface area contributed by atoms with Crippen molar-refractivity contribution in [1.82, 2.24) is 9.78 Å². The number of nitrogens with zero attached hydrogens (tertiary/aromatic N) is 2. The number of halogens is 1. The molecule has 0 aliphatic heterocycles. The molecule has 1 atom stereocenters. The van der Waals surface area contributed by atoms with Gasteiger partial charge in [0, 0.05) is 0 Å². The summed E-state index contributed by atoms with van der Waals surface area (Å²) < 4.78 is 8.16. The van der Waals surface area contributed by atoms with Crippen LogP contribution in [-0.2, 0) is 0 Å². The Morgan fingerprint density at radius 1 is 1.67 bits per heavy atom. The maximum Gasteiger partial charge on any atom is 0.136 e. The zero-order valence-corrected chi connectivity index (χ0v) is 10.5. The van der Waals surface area contributed by atoms with E-state index in [0.717, 1.165) is 15.8 Å². The normalized spacial score (nSPS) is 12.9. The fourth-order valence-corrected chi connectivity index (χ4v) is 1.95. The van der Waals surface area contributed by atoms with E-state index in [1.807, 2.05) is 12.1 Å². The molecular formula is C10H12IN3O. The van der Waals surface area contributed by atoms with Gasteiger partial charge in [0.05, 0.1) is 16.0 Å². The molecule has 80 valence electrons. The molecular weight excluding hydrogens is 305 g/mol. The molecule has 0 spiro atoms. The van der Waals surface area contributed by atoms with Crippen LogP contribution in [0.1, 0.15) is 25.1 Å². The van der Waals surface area contributed by atoms with Gasteiger partial charge in [0.25, 0.3) is 0 Å². The summed E-state index contributed by atoms with van der Waals surface area (Å²) in [5, 5.41) is 4.27. The standard InChI is InChI=1S/C10H12IN3O/c1-2-8(9-4-3-5-15-9)14-10(12)7(11)6-13-14/h3-6,8H,2,12H2,1H3. The second-order valence-corrected chi connectivity index (χ2v) is 4.42. The van der Waals surface area contributed by atoms with Crippen LogP contribution in [0.4, 0.5) is 5.82 Å². The van der Waals surface area contributed by atoms with Crippen LogP contribution < -0.4 is 5.73 Å². The first kappa shape index (κ1) is 10.5. The Morgan fingerprint density at radius 3 is 2.93 bits per heavy atom. The number of hydrogen-bond donors (Lipinski definition) is 1. The lowest BCUT2D eigenvalue weighted by Gasteiger charge is -2.14. The molecule has 0 saturated carbocycles. The van der Waals surface area contributed by atoms with E-state index in [2.05, 4.69) is 34.6 Å². The Hall–Kier alpha value is -0.980. The molecule has 0 radical (unpaired) electrons. The van der Waals surface area contributed by atoms with Crippen molar-refractivity contribution in [1.29, 1.82) is 0 Å². The molecule has 5 heteroatoms. The first-order valence-electron chi connectivity index (χ1n) is 4.76. The van der Waals surface area contributed by atoms with Gasteiger partial charge in [0.15, 0.2) is 0 Å². The minimum atomic E-state index is 0.0866. The van der Waals surface area contributed by atoms with Crippen LogP contribution in [0.2, 0.25) is 0 Å². The average molecular weight is 317 g/mol. The maximum absolute atomic E-state index is 5.94. The van der Waals surface area contributed by atoms with Crippen molar-refractivity contribution in [3.8, 4) is 0 Å². The first-order chi connectivity index (χ1) is 7.24. The summed E-state index contributed by atoms with van der Waals surface area (Å²) in [4.78, 5) is 0. The number of nitrogen functional groups attached to an aromatic ring is 1. The highest BCUT2D eigenvalue weighted by atomic mass is 127. The van der Waals surface area contributed by atoms with Gasteiger partial charge in [-0.25, -0.2) is 4.68 Å².